The van der Waals surface area contributed by atoms with Gasteiger partial charge in [0.25, 0.3) is 5.91 Å². The van der Waals surface area contributed by atoms with Crippen molar-refractivity contribution in [1.29, 1.82) is 0 Å². The van der Waals surface area contributed by atoms with Crippen LogP contribution in [0.2, 0.25) is 5.02 Å². The van der Waals surface area contributed by atoms with Crippen molar-refractivity contribution in [3.63, 3.8) is 0 Å². The normalized spacial score (nSPS) is 13.3. The standard InChI is InChI=1S/C20H17ClN2O6S/c1-26-19(25)10-23-14-8-15-16(28-7-6-27-15)9-17(14)30-20(23)22-18(24)11-29-13-4-2-12(21)3-5-13/h2-5,8-9H,6-7,10-11H2,1H3. The van der Waals surface area contributed by atoms with E-state index in [0.29, 0.717) is 45.8 Å². The third-order valence-electron chi connectivity index (χ3n) is 4.26. The van der Waals surface area contributed by atoms with Crippen molar-refractivity contribution in [2.24, 2.45) is 4.99 Å². The first-order valence-electron chi connectivity index (χ1n) is 8.99. The van der Waals surface area contributed by atoms with E-state index >= 15 is 0 Å². The lowest BCUT2D eigenvalue weighted by Gasteiger charge is -2.18. The summed E-state index contributed by atoms with van der Waals surface area (Å²) in [5, 5.41) is 0.572. The zero-order chi connectivity index (χ0) is 21.1. The van der Waals surface area contributed by atoms with Crippen molar-refractivity contribution in [3.8, 4) is 17.2 Å². The first-order valence-corrected chi connectivity index (χ1v) is 10.2. The van der Waals surface area contributed by atoms with Gasteiger partial charge in [0.15, 0.2) is 22.9 Å². The molecule has 4 rings (SSSR count). The fourth-order valence-corrected chi connectivity index (χ4v) is 4.04. The lowest BCUT2D eigenvalue weighted by Crippen LogP contribution is -2.23. The van der Waals surface area contributed by atoms with Crippen molar-refractivity contribution in [3.05, 3.63) is 46.2 Å². The van der Waals surface area contributed by atoms with E-state index in [4.69, 9.17) is 30.5 Å². The molecule has 0 unspecified atom stereocenters. The summed E-state index contributed by atoms with van der Waals surface area (Å²) in [5.74, 6) is 0.741. The van der Waals surface area contributed by atoms with Crippen LogP contribution in [0.1, 0.15) is 0 Å². The average molecular weight is 449 g/mol. The zero-order valence-corrected chi connectivity index (χ0v) is 17.5. The number of nitrogens with zero attached hydrogens (tertiary/aromatic N) is 2. The Hall–Kier alpha value is -3.04. The first kappa shape index (κ1) is 20.2. The van der Waals surface area contributed by atoms with Crippen molar-refractivity contribution in [2.75, 3.05) is 26.9 Å². The van der Waals surface area contributed by atoms with Crippen LogP contribution >= 0.6 is 22.9 Å². The van der Waals surface area contributed by atoms with E-state index in [2.05, 4.69) is 4.99 Å². The van der Waals surface area contributed by atoms with Crippen molar-refractivity contribution in [2.45, 2.75) is 6.54 Å². The number of carbonyl (C=O) groups is 2. The number of ether oxygens (including phenoxy) is 4. The van der Waals surface area contributed by atoms with Gasteiger partial charge in [0.05, 0.1) is 17.3 Å². The molecule has 2 aromatic carbocycles. The lowest BCUT2D eigenvalue weighted by atomic mass is 10.2. The van der Waals surface area contributed by atoms with Gasteiger partial charge in [-0.15, -0.1) is 0 Å². The molecule has 1 amide bonds. The highest BCUT2D eigenvalue weighted by molar-refractivity contribution is 7.16. The molecule has 1 aliphatic heterocycles. The van der Waals surface area contributed by atoms with Gasteiger partial charge >= 0.3 is 5.97 Å². The van der Waals surface area contributed by atoms with E-state index in [-0.39, 0.29) is 13.2 Å². The maximum Gasteiger partial charge on any atom is 0.325 e. The Kier molecular flexibility index (Phi) is 5.91. The molecule has 0 saturated heterocycles. The van der Waals surface area contributed by atoms with E-state index in [0.717, 1.165) is 4.70 Å². The monoisotopic (exact) mass is 448 g/mol. The minimum absolute atomic E-state index is 0.0969. The minimum Gasteiger partial charge on any atom is -0.486 e. The molecule has 30 heavy (non-hydrogen) atoms. The fraction of sp³-hybridized carbons (Fsp3) is 0.250. The molecule has 0 aliphatic carbocycles. The molecule has 0 saturated carbocycles. The third-order valence-corrected chi connectivity index (χ3v) is 5.55. The molecule has 156 valence electrons. The molecule has 0 fully saturated rings. The van der Waals surface area contributed by atoms with Gasteiger partial charge in [0.1, 0.15) is 25.5 Å². The summed E-state index contributed by atoms with van der Waals surface area (Å²) in [6, 6.07) is 10.3. The Labute approximate surface area is 180 Å². The summed E-state index contributed by atoms with van der Waals surface area (Å²) >= 11 is 7.10. The van der Waals surface area contributed by atoms with Gasteiger partial charge in [0.2, 0.25) is 0 Å². The maximum atomic E-state index is 12.4. The molecule has 3 aromatic rings. The molecule has 0 N–H and O–H groups in total. The molecular formula is C20H17ClN2O6S. The van der Waals surface area contributed by atoms with Crippen LogP contribution in [-0.2, 0) is 20.9 Å². The highest BCUT2D eigenvalue weighted by Crippen LogP contribution is 2.35. The Balaban J connectivity index is 1.66. The molecule has 0 atom stereocenters. The molecule has 2 heterocycles. The number of hydrogen-bond donors (Lipinski definition) is 0. The largest absolute Gasteiger partial charge is 0.486 e. The smallest absolute Gasteiger partial charge is 0.325 e. The van der Waals surface area contributed by atoms with Gasteiger partial charge in [-0.25, -0.2) is 0 Å². The fourth-order valence-electron chi connectivity index (χ4n) is 2.85. The van der Waals surface area contributed by atoms with Crippen LogP contribution in [0, 0.1) is 0 Å². The van der Waals surface area contributed by atoms with Gasteiger partial charge < -0.3 is 23.5 Å². The highest BCUT2D eigenvalue weighted by atomic mass is 35.5. The van der Waals surface area contributed by atoms with Gasteiger partial charge in [-0.05, 0) is 24.3 Å². The van der Waals surface area contributed by atoms with Gasteiger partial charge in [0, 0.05) is 17.2 Å². The van der Waals surface area contributed by atoms with Crippen LogP contribution < -0.4 is 19.0 Å². The van der Waals surface area contributed by atoms with Crippen LogP contribution in [0.5, 0.6) is 17.2 Å². The van der Waals surface area contributed by atoms with Gasteiger partial charge in [-0.1, -0.05) is 22.9 Å². The first-order chi connectivity index (χ1) is 14.5. The molecule has 1 aromatic heterocycles. The van der Waals surface area contributed by atoms with E-state index in [9.17, 15) is 9.59 Å². The molecule has 10 heteroatoms. The molecule has 0 radical (unpaired) electrons. The summed E-state index contributed by atoms with van der Waals surface area (Å²) in [6.45, 7) is 0.554. The predicted molar refractivity (Wildman–Crippen MR) is 110 cm³/mol. The topological polar surface area (TPSA) is 88.4 Å². The number of hydrogen-bond acceptors (Lipinski definition) is 7. The van der Waals surface area contributed by atoms with Crippen molar-refractivity contribution in [1.82, 2.24) is 4.57 Å². The van der Waals surface area contributed by atoms with Crippen molar-refractivity contribution < 1.29 is 28.5 Å². The number of fused-ring (bicyclic) bond motifs is 2. The number of halogens is 1. The summed E-state index contributed by atoms with van der Waals surface area (Å²) < 4.78 is 23.9. The van der Waals surface area contributed by atoms with E-state index in [1.165, 1.54) is 18.4 Å². The van der Waals surface area contributed by atoms with E-state index < -0.39 is 11.9 Å². The summed E-state index contributed by atoms with van der Waals surface area (Å²) in [6.07, 6.45) is 0. The number of methoxy groups -OCH3 is 1. The number of aromatic nitrogens is 1. The van der Waals surface area contributed by atoms with Crippen LogP contribution in [-0.4, -0.2) is 43.4 Å². The number of carbonyl (C=O) groups excluding carboxylic acids is 2. The van der Waals surface area contributed by atoms with Gasteiger partial charge in [-0.2, -0.15) is 4.99 Å². The molecule has 1 aliphatic rings. The van der Waals surface area contributed by atoms with Gasteiger partial charge in [-0.3, -0.25) is 9.59 Å². The number of rotatable bonds is 5. The molecular weight excluding hydrogens is 432 g/mol. The zero-order valence-electron chi connectivity index (χ0n) is 15.9. The maximum absolute atomic E-state index is 12.4. The molecule has 8 nitrogen and oxygen atoms in total. The van der Waals surface area contributed by atoms with Crippen molar-refractivity contribution >= 4 is 45.0 Å². The Morgan fingerprint density at radius 2 is 1.87 bits per heavy atom. The third kappa shape index (κ3) is 4.42. The number of benzene rings is 2. The quantitative estimate of drug-likeness (QED) is 0.558. The molecule has 0 bridgehead atoms. The van der Waals surface area contributed by atoms with E-state index in [1.807, 2.05) is 6.07 Å². The second-order valence-electron chi connectivity index (χ2n) is 6.26. The molecule has 0 spiro atoms. The number of esters is 1. The summed E-state index contributed by atoms with van der Waals surface area (Å²) in [7, 11) is 1.30. The summed E-state index contributed by atoms with van der Waals surface area (Å²) in [4.78, 5) is 28.8. The summed E-state index contributed by atoms with van der Waals surface area (Å²) in [5.41, 5.74) is 0.694. The Bertz CT molecular complexity index is 1170. The highest BCUT2D eigenvalue weighted by Gasteiger charge is 2.18. The number of amides is 1. The van der Waals surface area contributed by atoms with E-state index in [1.54, 1.807) is 34.9 Å². The number of thiazole rings is 1. The Morgan fingerprint density at radius 3 is 2.57 bits per heavy atom. The SMILES string of the molecule is COC(=O)Cn1c(=NC(=O)COc2ccc(Cl)cc2)sc2cc3c(cc21)OCCO3. The predicted octanol–water partition coefficient (Wildman–Crippen LogP) is 2.81. The Morgan fingerprint density at radius 1 is 1.17 bits per heavy atom. The minimum atomic E-state index is -0.493. The van der Waals surface area contributed by atoms with Crippen LogP contribution in [0.3, 0.4) is 0 Å². The van der Waals surface area contributed by atoms with Crippen LogP contribution in [0.4, 0.5) is 0 Å². The lowest BCUT2D eigenvalue weighted by molar-refractivity contribution is -0.141. The average Bonchev–Trinajstić information content (AvgIpc) is 3.07. The second kappa shape index (κ2) is 8.76. The van der Waals surface area contributed by atoms with Crippen LogP contribution in [0.15, 0.2) is 41.4 Å². The van der Waals surface area contributed by atoms with Crippen LogP contribution in [0.25, 0.3) is 10.2 Å². The second-order valence-corrected chi connectivity index (χ2v) is 7.70.